The quantitative estimate of drug-likeness (QED) is 0.107. The molecule has 0 amide bonds. The molecule has 0 radical (unpaired) electrons. The zero-order valence-electron chi connectivity index (χ0n) is 35.4. The van der Waals surface area contributed by atoms with Gasteiger partial charge in [0.1, 0.15) is 0 Å². The molecular weight excluding hydrogens is 777 g/mol. The van der Waals surface area contributed by atoms with E-state index in [1.807, 2.05) is 0 Å². The van der Waals surface area contributed by atoms with Gasteiger partial charge in [0.2, 0.25) is 0 Å². The lowest BCUT2D eigenvalue weighted by molar-refractivity contribution is 0.445. The second kappa shape index (κ2) is 15.6. The van der Waals surface area contributed by atoms with Crippen molar-refractivity contribution in [2.75, 3.05) is 0 Å². The summed E-state index contributed by atoms with van der Waals surface area (Å²) in [6, 6.07) is 84.3. The molecule has 11 aromatic rings. The second-order valence-corrected chi connectivity index (χ2v) is 21.2. The van der Waals surface area contributed by atoms with Crippen LogP contribution in [-0.4, -0.2) is 17.2 Å². The topological polar surface area (TPSA) is 9.86 Å². The van der Waals surface area contributed by atoms with Crippen molar-refractivity contribution in [3.63, 3.8) is 0 Å². The predicted octanol–water partition coefficient (Wildman–Crippen LogP) is 13.0. The minimum atomic E-state index is -2.79. The highest BCUT2D eigenvalue weighted by molar-refractivity contribution is 7.19. The van der Waals surface area contributed by atoms with E-state index < -0.39 is 8.07 Å². The lowest BCUT2D eigenvalue weighted by atomic mass is 9.82. The number of fused-ring (bicyclic) bond motifs is 6. The summed E-state index contributed by atoms with van der Waals surface area (Å²) < 4.78 is 5.09. The first-order valence-electron chi connectivity index (χ1n) is 22.7. The molecule has 1 aliphatic rings. The van der Waals surface area contributed by atoms with E-state index in [-0.39, 0.29) is 0 Å². The maximum absolute atomic E-state index is 2.79. The molecule has 0 spiro atoms. The molecule has 3 heteroatoms. The van der Waals surface area contributed by atoms with Gasteiger partial charge in [0.15, 0.2) is 8.07 Å². The summed E-state index contributed by atoms with van der Waals surface area (Å²) in [5, 5.41) is 10.8. The molecule has 0 unspecified atom stereocenters. The summed E-state index contributed by atoms with van der Waals surface area (Å²) in [5.41, 5.74) is 11.3. The first kappa shape index (κ1) is 37.5. The van der Waals surface area contributed by atoms with Gasteiger partial charge in [0.25, 0.3) is 0 Å². The van der Waals surface area contributed by atoms with Crippen molar-refractivity contribution in [1.29, 1.82) is 0 Å². The number of nitrogens with zero attached hydrogens (tertiary/aromatic N) is 2. The van der Waals surface area contributed by atoms with E-state index in [4.69, 9.17) is 0 Å². The lowest BCUT2D eigenvalue weighted by Gasteiger charge is -2.34. The molecule has 2 nitrogen and oxygen atoms in total. The van der Waals surface area contributed by atoms with Crippen molar-refractivity contribution >= 4 is 72.4 Å². The van der Waals surface area contributed by atoms with E-state index >= 15 is 0 Å². The molecule has 0 atom stereocenters. The smallest absolute Gasteiger partial charge is 0.179 e. The Morgan fingerprint density at radius 2 is 0.841 bits per heavy atom. The number of benzene rings is 9. The summed E-state index contributed by atoms with van der Waals surface area (Å²) in [6.07, 6.45) is 6.54. The number of para-hydroxylation sites is 3. The van der Waals surface area contributed by atoms with E-state index in [0.717, 1.165) is 5.69 Å². The van der Waals surface area contributed by atoms with Crippen molar-refractivity contribution in [2.24, 2.45) is 0 Å². The minimum Gasteiger partial charge on any atom is -0.307 e. The largest absolute Gasteiger partial charge is 0.307 e. The van der Waals surface area contributed by atoms with Gasteiger partial charge in [-0.3, -0.25) is 0 Å². The Balaban J connectivity index is 1.08. The summed E-state index contributed by atoms with van der Waals surface area (Å²) in [6.45, 7) is 0. The van der Waals surface area contributed by atoms with Crippen LogP contribution in [0.3, 0.4) is 0 Å². The maximum Gasteiger partial charge on any atom is 0.179 e. The van der Waals surface area contributed by atoms with Gasteiger partial charge in [-0.25, -0.2) is 0 Å². The zero-order valence-corrected chi connectivity index (χ0v) is 36.4. The van der Waals surface area contributed by atoms with Crippen molar-refractivity contribution < 1.29 is 0 Å². The van der Waals surface area contributed by atoms with E-state index in [1.165, 1.54) is 119 Å². The number of hydrogen-bond donors (Lipinski definition) is 0. The fraction of sp³-hybridized carbons (Fsp3) is 0.100. The number of hydrogen-bond acceptors (Lipinski definition) is 0. The third kappa shape index (κ3) is 6.06. The minimum absolute atomic E-state index is 0.603. The van der Waals surface area contributed by atoms with E-state index in [0.29, 0.717) is 5.92 Å². The van der Waals surface area contributed by atoms with E-state index in [2.05, 4.69) is 234 Å². The van der Waals surface area contributed by atoms with Crippen LogP contribution >= 0.6 is 0 Å². The zero-order chi connectivity index (χ0) is 41.7. The van der Waals surface area contributed by atoms with Crippen LogP contribution in [0.2, 0.25) is 0 Å². The van der Waals surface area contributed by atoms with Crippen LogP contribution in [0.1, 0.15) is 43.6 Å². The summed E-state index contributed by atoms with van der Waals surface area (Å²) >= 11 is 0. The molecule has 0 bridgehead atoms. The van der Waals surface area contributed by atoms with E-state index in [1.54, 1.807) is 0 Å². The van der Waals surface area contributed by atoms with Gasteiger partial charge in [-0.2, -0.15) is 0 Å². The predicted molar refractivity (Wildman–Crippen MR) is 270 cm³/mol. The average molecular weight is 825 g/mol. The first-order valence-corrected chi connectivity index (χ1v) is 24.7. The SMILES string of the molecule is c1ccc(-c2ccc([Si](c3ccccc3)(c3ccccc3)c3ccc(-n4c5ccccc5c5cccc(-n6c7ccccc7c7c(C8CCCCC8)cccc76)c54)cc3)cc2)cc1. The number of rotatable bonds is 8. The van der Waals surface area contributed by atoms with Crippen molar-refractivity contribution in [3.05, 3.63) is 230 Å². The molecule has 63 heavy (non-hydrogen) atoms. The van der Waals surface area contributed by atoms with Crippen LogP contribution in [-0.2, 0) is 0 Å². The van der Waals surface area contributed by atoms with Crippen LogP contribution in [0.25, 0.3) is 66.1 Å². The summed E-state index contributed by atoms with van der Waals surface area (Å²) in [5.74, 6) is 0.603. The van der Waals surface area contributed by atoms with Crippen LogP contribution < -0.4 is 20.7 Å². The highest BCUT2D eigenvalue weighted by Crippen LogP contribution is 2.43. The molecule has 2 heterocycles. The lowest BCUT2D eigenvalue weighted by Crippen LogP contribution is -2.74. The summed E-state index contributed by atoms with van der Waals surface area (Å²) in [4.78, 5) is 0. The molecule has 0 aliphatic heterocycles. The van der Waals surface area contributed by atoms with Gasteiger partial charge in [0.05, 0.1) is 27.8 Å². The Bertz CT molecular complexity index is 3360. The van der Waals surface area contributed by atoms with Gasteiger partial charge < -0.3 is 9.13 Å². The Labute approximate surface area is 370 Å². The molecule has 1 saturated carbocycles. The Kier molecular flexibility index (Phi) is 9.30. The maximum atomic E-state index is 2.56. The van der Waals surface area contributed by atoms with Gasteiger partial charge >= 0.3 is 0 Å². The second-order valence-electron chi connectivity index (χ2n) is 17.4. The van der Waals surface area contributed by atoms with Crippen LogP contribution in [0.4, 0.5) is 0 Å². The van der Waals surface area contributed by atoms with Gasteiger partial charge in [-0.05, 0) is 92.6 Å². The normalized spacial score (nSPS) is 13.7. The van der Waals surface area contributed by atoms with Crippen LogP contribution in [0.5, 0.6) is 0 Å². The van der Waals surface area contributed by atoms with Crippen molar-refractivity contribution in [1.82, 2.24) is 9.13 Å². The standard InChI is InChI=1S/C60H48N2Si/c1-5-19-43(20-6-1)44-35-39-49(40-36-44)63(47-23-9-3-10-24-47,48-25-11-4-12-26-48)50-41-37-46(38-42-50)61-55-31-15-13-27-52(55)53-30-18-34-58(60(53)61)62-56-32-16-14-28-54(56)59-51(29-17-33-57(59)62)45-21-7-2-8-22-45/h1,3-6,9-20,23-42,45H,2,7-8,21-22H2. The molecule has 2 aromatic heterocycles. The fourth-order valence-corrected chi connectivity index (χ4v) is 16.0. The van der Waals surface area contributed by atoms with Crippen LogP contribution in [0, 0.1) is 0 Å². The van der Waals surface area contributed by atoms with Gasteiger partial charge in [-0.15, -0.1) is 0 Å². The first-order chi connectivity index (χ1) is 31.3. The third-order valence-corrected chi connectivity index (χ3v) is 18.9. The molecular formula is C60H48N2Si. The highest BCUT2D eigenvalue weighted by atomic mass is 28.3. The van der Waals surface area contributed by atoms with Crippen LogP contribution in [0.15, 0.2) is 224 Å². The number of aromatic nitrogens is 2. The average Bonchev–Trinajstić information content (AvgIpc) is 3.89. The molecule has 1 aliphatic carbocycles. The Hall–Kier alpha value is -7.20. The van der Waals surface area contributed by atoms with Gasteiger partial charge in [-0.1, -0.05) is 207 Å². The highest BCUT2D eigenvalue weighted by Gasteiger charge is 2.41. The van der Waals surface area contributed by atoms with Crippen molar-refractivity contribution in [2.45, 2.75) is 38.0 Å². The summed E-state index contributed by atoms with van der Waals surface area (Å²) in [7, 11) is -2.79. The molecule has 1 fully saturated rings. The molecule has 12 rings (SSSR count). The molecule has 302 valence electrons. The van der Waals surface area contributed by atoms with Gasteiger partial charge in [0, 0.05) is 27.2 Å². The third-order valence-electron chi connectivity index (χ3n) is 14.1. The van der Waals surface area contributed by atoms with Crippen molar-refractivity contribution in [3.8, 4) is 22.5 Å². The monoisotopic (exact) mass is 824 g/mol. The molecule has 0 N–H and O–H groups in total. The molecule has 0 saturated heterocycles. The van der Waals surface area contributed by atoms with E-state index in [9.17, 15) is 0 Å². The molecule has 9 aromatic carbocycles. The fourth-order valence-electron chi connectivity index (χ4n) is 11.3. The Morgan fingerprint density at radius 1 is 0.349 bits per heavy atom. The Morgan fingerprint density at radius 3 is 1.51 bits per heavy atom.